The number of benzene rings is 4. The van der Waals surface area contributed by atoms with Gasteiger partial charge in [-0.15, -0.1) is 0 Å². The zero-order chi connectivity index (χ0) is 14.3. The van der Waals surface area contributed by atoms with E-state index in [2.05, 4.69) is 72.8 Å². The van der Waals surface area contributed by atoms with Gasteiger partial charge in [0.25, 0.3) is 0 Å². The van der Waals surface area contributed by atoms with Gasteiger partial charge in [0.1, 0.15) is 0 Å². The van der Waals surface area contributed by atoms with Gasteiger partial charge in [-0.1, -0.05) is 72.8 Å². The highest BCUT2D eigenvalue weighted by Crippen LogP contribution is 2.59. The summed E-state index contributed by atoms with van der Waals surface area (Å²) in [6, 6.07) is 27.2. The Morgan fingerprint density at radius 3 is 1.05 bits per heavy atom. The minimum atomic E-state index is 0.502. The molecule has 4 aromatic rings. The van der Waals surface area contributed by atoms with Crippen LogP contribution in [0.5, 0.6) is 0 Å². The highest BCUT2D eigenvalue weighted by molar-refractivity contribution is 6.00. The number of hydrogen-bond acceptors (Lipinski definition) is 0. The van der Waals surface area contributed by atoms with Crippen molar-refractivity contribution in [2.45, 2.75) is 11.8 Å². The third-order valence-electron chi connectivity index (χ3n) is 5.61. The highest BCUT2D eigenvalue weighted by atomic mass is 14.4. The van der Waals surface area contributed by atoms with E-state index in [1.807, 2.05) is 0 Å². The second kappa shape index (κ2) is 3.59. The first-order valence-electron chi connectivity index (χ1n) is 7.96. The Hall–Kier alpha value is -2.60. The normalized spacial score (nSPS) is 20.7. The number of rotatable bonds is 0. The molecule has 0 bridgehead atoms. The van der Waals surface area contributed by atoms with Crippen LogP contribution in [0.1, 0.15) is 34.1 Å². The lowest BCUT2D eigenvalue weighted by Crippen LogP contribution is -2.01. The van der Waals surface area contributed by atoms with Crippen LogP contribution in [-0.2, 0) is 0 Å². The first kappa shape index (κ1) is 11.0. The van der Waals surface area contributed by atoms with Crippen molar-refractivity contribution in [2.75, 3.05) is 0 Å². The average molecular weight is 278 g/mol. The lowest BCUT2D eigenvalue weighted by atomic mass is 9.88. The maximum absolute atomic E-state index is 2.33. The molecule has 0 spiro atoms. The van der Waals surface area contributed by atoms with Crippen molar-refractivity contribution >= 4 is 21.5 Å². The van der Waals surface area contributed by atoms with Gasteiger partial charge < -0.3 is 0 Å². The van der Waals surface area contributed by atoms with E-state index in [0.29, 0.717) is 11.8 Å². The smallest absolute Gasteiger partial charge is 0.0212 e. The summed E-state index contributed by atoms with van der Waals surface area (Å²) >= 11 is 0. The molecule has 0 saturated carbocycles. The molecule has 0 amide bonds. The number of hydrogen-bond donors (Lipinski definition) is 0. The molecule has 0 heteroatoms. The SMILES string of the molecule is c1cc2c3c(cccc3c1)C1c3cccc4cccc(c34)C21. The Bertz CT molecular complexity index is 921. The minimum Gasteiger partial charge on any atom is -0.0613 e. The van der Waals surface area contributed by atoms with Crippen LogP contribution in [0.15, 0.2) is 72.8 Å². The topological polar surface area (TPSA) is 0 Å². The highest BCUT2D eigenvalue weighted by Gasteiger charge is 2.42. The van der Waals surface area contributed by atoms with Crippen molar-refractivity contribution in [2.24, 2.45) is 0 Å². The zero-order valence-electron chi connectivity index (χ0n) is 12.1. The van der Waals surface area contributed by atoms with Crippen LogP contribution in [0.3, 0.4) is 0 Å². The molecule has 0 saturated heterocycles. The standard InChI is InChI=1S/C22H14/c1-5-13-6-2-10-16-19(13)15(9-1)21-17-11-3-7-14-8-4-12-18(20(14)17)22(16)21/h1-12,21-22H. The van der Waals surface area contributed by atoms with Crippen LogP contribution in [0, 0.1) is 0 Å². The first-order valence-corrected chi connectivity index (χ1v) is 7.96. The van der Waals surface area contributed by atoms with Gasteiger partial charge in [0.15, 0.2) is 0 Å². The molecule has 6 rings (SSSR count). The quantitative estimate of drug-likeness (QED) is 0.393. The summed E-state index contributed by atoms with van der Waals surface area (Å²) in [7, 11) is 0. The van der Waals surface area contributed by atoms with Gasteiger partial charge in [-0.05, 0) is 43.8 Å². The van der Waals surface area contributed by atoms with E-state index in [1.165, 1.54) is 43.8 Å². The lowest BCUT2D eigenvalue weighted by molar-refractivity contribution is 0.768. The van der Waals surface area contributed by atoms with E-state index in [4.69, 9.17) is 0 Å². The van der Waals surface area contributed by atoms with Crippen LogP contribution in [0.25, 0.3) is 21.5 Å². The Labute approximate surface area is 129 Å². The predicted molar refractivity (Wildman–Crippen MR) is 91.6 cm³/mol. The molecular formula is C22H14. The van der Waals surface area contributed by atoms with Crippen molar-refractivity contribution in [3.63, 3.8) is 0 Å². The fraction of sp³-hybridized carbons (Fsp3) is 0.0909. The van der Waals surface area contributed by atoms with Crippen molar-refractivity contribution in [3.05, 3.63) is 95.1 Å². The summed E-state index contributed by atoms with van der Waals surface area (Å²) in [6.45, 7) is 0. The average Bonchev–Trinajstić information content (AvgIpc) is 3.07. The van der Waals surface area contributed by atoms with Crippen molar-refractivity contribution in [3.8, 4) is 0 Å². The molecule has 0 atom stereocenters. The summed E-state index contributed by atoms with van der Waals surface area (Å²) < 4.78 is 0. The molecule has 0 nitrogen and oxygen atoms in total. The molecule has 2 aliphatic carbocycles. The largest absolute Gasteiger partial charge is 0.0613 e. The lowest BCUT2D eigenvalue weighted by Gasteiger charge is -2.14. The molecule has 4 aromatic carbocycles. The van der Waals surface area contributed by atoms with Crippen LogP contribution >= 0.6 is 0 Å². The van der Waals surface area contributed by atoms with Gasteiger partial charge in [0.2, 0.25) is 0 Å². The molecule has 0 aromatic heterocycles. The second-order valence-electron chi connectivity index (χ2n) is 6.54. The fourth-order valence-corrected chi connectivity index (χ4v) is 4.89. The van der Waals surface area contributed by atoms with Gasteiger partial charge in [-0.3, -0.25) is 0 Å². The van der Waals surface area contributed by atoms with E-state index in [9.17, 15) is 0 Å². The molecular weight excluding hydrogens is 264 g/mol. The van der Waals surface area contributed by atoms with Crippen LogP contribution in [0.4, 0.5) is 0 Å². The summed E-state index contributed by atoms with van der Waals surface area (Å²) in [4.78, 5) is 0. The Morgan fingerprint density at radius 2 is 0.727 bits per heavy atom. The van der Waals surface area contributed by atoms with Crippen LogP contribution in [-0.4, -0.2) is 0 Å². The summed E-state index contributed by atoms with van der Waals surface area (Å²) in [6.07, 6.45) is 0. The Kier molecular flexibility index (Phi) is 1.80. The first-order chi connectivity index (χ1) is 10.9. The fourth-order valence-electron chi connectivity index (χ4n) is 4.89. The van der Waals surface area contributed by atoms with Gasteiger partial charge in [-0.25, -0.2) is 0 Å². The Balaban J connectivity index is 1.83. The maximum atomic E-state index is 2.33. The molecule has 0 N–H and O–H groups in total. The van der Waals surface area contributed by atoms with Gasteiger partial charge >= 0.3 is 0 Å². The van der Waals surface area contributed by atoms with E-state index >= 15 is 0 Å². The Morgan fingerprint density at radius 1 is 0.409 bits per heavy atom. The summed E-state index contributed by atoms with van der Waals surface area (Å²) in [5, 5.41) is 5.75. The third-order valence-corrected chi connectivity index (χ3v) is 5.61. The predicted octanol–water partition coefficient (Wildman–Crippen LogP) is 5.58. The van der Waals surface area contributed by atoms with Crippen LogP contribution < -0.4 is 0 Å². The summed E-state index contributed by atoms with van der Waals surface area (Å²) in [5.41, 5.74) is 6.06. The molecule has 0 fully saturated rings. The monoisotopic (exact) mass is 278 g/mol. The van der Waals surface area contributed by atoms with Crippen molar-refractivity contribution in [1.29, 1.82) is 0 Å². The summed E-state index contributed by atoms with van der Waals surface area (Å²) in [5.74, 6) is 1.00. The maximum Gasteiger partial charge on any atom is 0.0212 e. The van der Waals surface area contributed by atoms with E-state index < -0.39 is 0 Å². The van der Waals surface area contributed by atoms with Gasteiger partial charge in [0.05, 0.1) is 0 Å². The van der Waals surface area contributed by atoms with E-state index in [0.717, 1.165) is 0 Å². The molecule has 102 valence electrons. The molecule has 0 heterocycles. The van der Waals surface area contributed by atoms with Crippen molar-refractivity contribution < 1.29 is 0 Å². The minimum absolute atomic E-state index is 0.502. The van der Waals surface area contributed by atoms with Gasteiger partial charge in [0, 0.05) is 11.8 Å². The molecule has 0 aliphatic heterocycles. The molecule has 2 aliphatic rings. The van der Waals surface area contributed by atoms with Crippen LogP contribution in [0.2, 0.25) is 0 Å². The molecule has 0 radical (unpaired) electrons. The third kappa shape index (κ3) is 1.09. The molecule has 0 unspecified atom stereocenters. The van der Waals surface area contributed by atoms with E-state index in [-0.39, 0.29) is 0 Å². The van der Waals surface area contributed by atoms with Crippen molar-refractivity contribution in [1.82, 2.24) is 0 Å². The van der Waals surface area contributed by atoms with Gasteiger partial charge in [-0.2, -0.15) is 0 Å². The number of fused-ring (bicyclic) bond motifs is 5. The van der Waals surface area contributed by atoms with E-state index in [1.54, 1.807) is 0 Å². The second-order valence-corrected chi connectivity index (χ2v) is 6.54. The zero-order valence-corrected chi connectivity index (χ0v) is 12.1. The molecule has 22 heavy (non-hydrogen) atoms.